The van der Waals surface area contributed by atoms with Crippen LogP contribution in [0.3, 0.4) is 0 Å². The number of amides is 5. The summed E-state index contributed by atoms with van der Waals surface area (Å²) in [5.74, 6) is -1.37. The van der Waals surface area contributed by atoms with Crippen LogP contribution < -0.4 is 5.32 Å². The number of rotatable bonds is 7. The van der Waals surface area contributed by atoms with Gasteiger partial charge in [-0.2, -0.15) is 0 Å². The van der Waals surface area contributed by atoms with Gasteiger partial charge in [0, 0.05) is 85.2 Å². The lowest BCUT2D eigenvalue weighted by atomic mass is 9.87. The molecule has 60 heavy (non-hydrogen) atoms. The SMILES string of the molecule is C[C@@H]1Cc2c([nH]c3ccccc23)[C@@H](c2cnc(C3=CCC(C(=O)N4CCC(N5Cc6cc7c(cc6C5)C(=O)N(C5CCC(=O)NC5=O)C7=O)CC4)CC3)nc2)N1CC(F)F. The molecule has 6 aliphatic rings. The predicted octanol–water partition coefficient (Wildman–Crippen LogP) is 5.15. The molecule has 0 bridgehead atoms. The Hall–Kier alpha value is -5.67. The second kappa shape index (κ2) is 15.1. The van der Waals surface area contributed by atoms with E-state index in [9.17, 15) is 32.8 Å². The van der Waals surface area contributed by atoms with Crippen molar-refractivity contribution in [1.29, 1.82) is 0 Å². The number of aromatic amines is 1. The Morgan fingerprint density at radius 3 is 2.27 bits per heavy atom. The molecule has 0 saturated carbocycles. The van der Waals surface area contributed by atoms with Crippen molar-refractivity contribution in [2.45, 2.75) is 102 Å². The maximum Gasteiger partial charge on any atom is 0.262 e. The summed E-state index contributed by atoms with van der Waals surface area (Å²) in [5.41, 5.74) is 7.38. The van der Waals surface area contributed by atoms with E-state index < -0.39 is 42.1 Å². The van der Waals surface area contributed by atoms with Crippen LogP contribution in [0.5, 0.6) is 0 Å². The first-order valence-electron chi connectivity index (χ1n) is 21.1. The Labute approximate surface area is 345 Å². The van der Waals surface area contributed by atoms with Gasteiger partial charge in [-0.15, -0.1) is 0 Å². The fourth-order valence-electron chi connectivity index (χ4n) is 10.6. The maximum absolute atomic E-state index is 13.9. The number of alkyl halides is 2. The van der Waals surface area contributed by atoms with Crippen LogP contribution in [-0.2, 0) is 33.9 Å². The number of allylic oxidation sites excluding steroid dienone is 2. The number of halogens is 2. The fraction of sp³-hybridized carbons (Fsp3) is 0.444. The van der Waals surface area contributed by atoms with Gasteiger partial charge in [-0.1, -0.05) is 24.3 Å². The Bertz CT molecular complexity index is 2430. The summed E-state index contributed by atoms with van der Waals surface area (Å²) in [6, 6.07) is 10.4. The zero-order valence-corrected chi connectivity index (χ0v) is 33.3. The summed E-state index contributed by atoms with van der Waals surface area (Å²) in [6.45, 7) is 4.23. The van der Waals surface area contributed by atoms with Gasteiger partial charge in [-0.3, -0.25) is 44.0 Å². The number of likely N-dealkylation sites (tertiary alicyclic amines) is 1. The fourth-order valence-corrected chi connectivity index (χ4v) is 10.6. The first-order chi connectivity index (χ1) is 29.0. The summed E-state index contributed by atoms with van der Waals surface area (Å²) in [7, 11) is 0. The van der Waals surface area contributed by atoms with E-state index in [2.05, 4.69) is 27.3 Å². The van der Waals surface area contributed by atoms with Crippen LogP contribution in [0.4, 0.5) is 8.78 Å². The van der Waals surface area contributed by atoms with Gasteiger partial charge in [0.25, 0.3) is 18.2 Å². The highest BCUT2D eigenvalue weighted by molar-refractivity contribution is 6.23. The van der Waals surface area contributed by atoms with E-state index in [0.29, 0.717) is 68.8 Å². The number of H-pyrrole nitrogens is 1. The van der Waals surface area contributed by atoms with Gasteiger partial charge in [0.1, 0.15) is 6.04 Å². The van der Waals surface area contributed by atoms with Gasteiger partial charge in [-0.05, 0) is 92.3 Å². The molecule has 1 aliphatic carbocycles. The van der Waals surface area contributed by atoms with Crippen molar-refractivity contribution < 1.29 is 32.8 Å². The summed E-state index contributed by atoms with van der Waals surface area (Å²) < 4.78 is 27.7. The molecule has 2 aromatic carbocycles. The summed E-state index contributed by atoms with van der Waals surface area (Å²) in [5, 5.41) is 3.35. The normalized spacial score (nSPS) is 25.2. The molecule has 5 aliphatic heterocycles. The number of imide groups is 2. The Morgan fingerprint density at radius 2 is 1.62 bits per heavy atom. The van der Waals surface area contributed by atoms with Crippen molar-refractivity contribution in [2.24, 2.45) is 5.92 Å². The summed E-state index contributed by atoms with van der Waals surface area (Å²) in [4.78, 5) is 84.8. The quantitative estimate of drug-likeness (QED) is 0.242. The molecule has 7 heterocycles. The number of benzene rings is 2. The van der Waals surface area contributed by atoms with Crippen LogP contribution in [0.15, 0.2) is 54.9 Å². The molecule has 0 radical (unpaired) electrons. The summed E-state index contributed by atoms with van der Waals surface area (Å²) >= 11 is 0. The van der Waals surface area contributed by atoms with Crippen LogP contribution in [0.25, 0.3) is 16.5 Å². The number of fused-ring (bicyclic) bond motifs is 5. The number of carbonyl (C=O) groups is 5. The minimum Gasteiger partial charge on any atom is -0.357 e. The number of hydrogen-bond donors (Lipinski definition) is 2. The monoisotopic (exact) mass is 816 g/mol. The lowest BCUT2D eigenvalue weighted by Gasteiger charge is -2.40. The first-order valence-corrected chi connectivity index (χ1v) is 21.1. The van der Waals surface area contributed by atoms with Crippen molar-refractivity contribution in [1.82, 2.24) is 39.9 Å². The number of nitrogens with one attached hydrogen (secondary N) is 2. The van der Waals surface area contributed by atoms with Crippen LogP contribution in [0.2, 0.25) is 0 Å². The lowest BCUT2D eigenvalue weighted by Crippen LogP contribution is -2.54. The highest BCUT2D eigenvalue weighted by Gasteiger charge is 2.46. The Kier molecular flexibility index (Phi) is 9.70. The largest absolute Gasteiger partial charge is 0.357 e. The predicted molar refractivity (Wildman–Crippen MR) is 215 cm³/mol. The first kappa shape index (κ1) is 38.5. The number of hydrogen-bond acceptors (Lipinski definition) is 9. The molecule has 2 N–H and O–H groups in total. The van der Waals surface area contributed by atoms with Gasteiger partial charge in [0.2, 0.25) is 17.7 Å². The van der Waals surface area contributed by atoms with Gasteiger partial charge in [0.05, 0.1) is 23.7 Å². The number of para-hydroxylation sites is 1. The molecule has 5 amide bonds. The summed E-state index contributed by atoms with van der Waals surface area (Å²) in [6.07, 6.45) is 7.62. The third kappa shape index (κ3) is 6.62. The molecule has 0 spiro atoms. The van der Waals surface area contributed by atoms with E-state index in [0.717, 1.165) is 62.2 Å². The Balaban J connectivity index is 0.752. The van der Waals surface area contributed by atoms with E-state index in [1.165, 1.54) is 0 Å². The smallest absolute Gasteiger partial charge is 0.262 e. The number of nitrogens with zero attached hydrogens (tertiary/aromatic N) is 6. The van der Waals surface area contributed by atoms with E-state index in [4.69, 9.17) is 9.97 Å². The average Bonchev–Trinajstić information content (AvgIpc) is 3.91. The van der Waals surface area contributed by atoms with Crippen molar-refractivity contribution in [3.05, 3.63) is 99.8 Å². The third-order valence-corrected chi connectivity index (χ3v) is 13.7. The molecular weight excluding hydrogens is 771 g/mol. The van der Waals surface area contributed by atoms with Crippen molar-refractivity contribution in [3.63, 3.8) is 0 Å². The second-order valence-electron chi connectivity index (χ2n) is 17.2. The van der Waals surface area contributed by atoms with Crippen LogP contribution in [0.1, 0.15) is 112 Å². The molecule has 2 aromatic heterocycles. The maximum atomic E-state index is 13.9. The third-order valence-electron chi connectivity index (χ3n) is 13.7. The topological polar surface area (TPSA) is 152 Å². The van der Waals surface area contributed by atoms with Crippen LogP contribution >= 0.6 is 0 Å². The Morgan fingerprint density at radius 1 is 0.917 bits per heavy atom. The highest BCUT2D eigenvalue weighted by atomic mass is 19.3. The minimum atomic E-state index is -2.48. The minimum absolute atomic E-state index is 0.0776. The molecule has 2 unspecified atom stereocenters. The zero-order chi connectivity index (χ0) is 41.4. The van der Waals surface area contributed by atoms with Gasteiger partial charge < -0.3 is 9.88 Å². The van der Waals surface area contributed by atoms with Crippen LogP contribution in [-0.4, -0.2) is 108 Å². The molecule has 310 valence electrons. The van der Waals surface area contributed by atoms with E-state index in [-0.39, 0.29) is 43.3 Å². The standard InChI is InChI=1S/C45H46F2N8O5/c1-24-16-32-31-4-2-3-5-35(31)50-39(32)40(54(24)23-37(46)47)29-19-48-41(49-20-29)25-6-8-26(9-7-25)43(58)52-14-12-30(13-15-52)53-21-27-17-33-34(18-28(27)22-53)45(60)55(44(33)59)36-10-11-38(56)51-42(36)57/h2-6,17-20,24,26,30,36-37,40,50H,7-16,21-23H2,1H3,(H,51,56,57)/t24-,26?,36?,40-/m1/s1. The van der Waals surface area contributed by atoms with Gasteiger partial charge >= 0.3 is 0 Å². The molecule has 15 heteroatoms. The number of aromatic nitrogens is 3. The van der Waals surface area contributed by atoms with Gasteiger partial charge in [-0.25, -0.2) is 18.7 Å². The lowest BCUT2D eigenvalue weighted by molar-refractivity contribution is -0.138. The van der Waals surface area contributed by atoms with E-state index >= 15 is 0 Å². The molecule has 4 aromatic rings. The highest BCUT2D eigenvalue weighted by Crippen LogP contribution is 2.42. The molecule has 4 atom stereocenters. The molecule has 2 saturated heterocycles. The van der Waals surface area contributed by atoms with Crippen molar-refractivity contribution >= 4 is 46.0 Å². The van der Waals surface area contributed by atoms with Crippen molar-refractivity contribution in [2.75, 3.05) is 19.6 Å². The molecule has 2 fully saturated rings. The number of piperidine rings is 2. The van der Waals surface area contributed by atoms with Crippen LogP contribution in [0, 0.1) is 5.92 Å². The molecule has 10 rings (SSSR count). The van der Waals surface area contributed by atoms with Crippen molar-refractivity contribution in [3.8, 4) is 0 Å². The second-order valence-corrected chi connectivity index (χ2v) is 17.2. The van der Waals surface area contributed by atoms with E-state index in [1.54, 1.807) is 24.5 Å². The zero-order valence-electron chi connectivity index (χ0n) is 33.3. The van der Waals surface area contributed by atoms with Gasteiger partial charge in [0.15, 0.2) is 5.82 Å². The average molecular weight is 817 g/mol. The molecule has 13 nitrogen and oxygen atoms in total. The van der Waals surface area contributed by atoms with E-state index in [1.807, 2.05) is 34.9 Å². The number of carbonyl (C=O) groups excluding carboxylic acids is 5. The molecular formula is C45H46F2N8O5.